The van der Waals surface area contributed by atoms with E-state index in [2.05, 4.69) is 4.98 Å². The van der Waals surface area contributed by atoms with Crippen molar-refractivity contribution in [1.82, 2.24) is 4.98 Å². The van der Waals surface area contributed by atoms with Crippen molar-refractivity contribution in [2.75, 3.05) is 0 Å². The second kappa shape index (κ2) is 9.62. The number of aromatic nitrogens is 1. The minimum Gasteiger partial charge on any atom is -0.281 e. The Balaban J connectivity index is 0.00000156. The van der Waals surface area contributed by atoms with E-state index in [0.29, 0.717) is 6.92 Å². The Kier molecular flexibility index (Phi) is 9.07. The van der Waals surface area contributed by atoms with Crippen molar-refractivity contribution < 1.29 is 74.4 Å². The molecule has 0 aliphatic heterocycles. The Morgan fingerprint density at radius 2 is 1.00 bits per heavy atom. The van der Waals surface area contributed by atoms with Crippen molar-refractivity contribution in [1.29, 1.82) is 0 Å². The predicted octanol–water partition coefficient (Wildman–Crippen LogP) is 6.16. The average Bonchev–Trinajstić information content (AvgIpc) is 2.68. The third-order valence-corrected chi connectivity index (χ3v) is 4.76. The minimum absolute atomic E-state index is 0.621. The molecule has 200 valence electrons. The lowest BCUT2D eigenvalue weighted by Crippen LogP contribution is -2.73. The van der Waals surface area contributed by atoms with Crippen molar-refractivity contribution in [3.63, 3.8) is 0 Å². The van der Waals surface area contributed by atoms with Crippen LogP contribution >= 0.6 is 0 Å². The summed E-state index contributed by atoms with van der Waals surface area (Å²) in [5.74, 6) is -46.7. The van der Waals surface area contributed by atoms with E-state index in [9.17, 15) is 69.9 Å². The van der Waals surface area contributed by atoms with E-state index in [1.807, 2.05) is 18.2 Å². The SMILES string of the molecule is CCCC(F)(F)C(F)(F)C(F)(F)C(F)(F)C(F)(F)C(F)(F)C(F)(F)S(=O)(=O)O.c1ccncc1. The van der Waals surface area contributed by atoms with Gasteiger partial charge in [0.2, 0.25) is 0 Å². The second-order valence-corrected chi connectivity index (χ2v) is 7.81. The van der Waals surface area contributed by atoms with E-state index < -0.39 is 63.7 Å². The molecule has 19 heteroatoms. The van der Waals surface area contributed by atoms with E-state index in [1.54, 1.807) is 12.4 Å². The van der Waals surface area contributed by atoms with Gasteiger partial charge in [-0.15, -0.1) is 0 Å². The van der Waals surface area contributed by atoms with Crippen LogP contribution in [0.25, 0.3) is 0 Å². The number of rotatable bonds is 9. The highest BCUT2D eigenvalue weighted by Gasteiger charge is 2.94. The van der Waals surface area contributed by atoms with Crippen LogP contribution in [0.4, 0.5) is 61.5 Å². The first-order chi connectivity index (χ1) is 14.8. The maximum Gasteiger partial charge on any atom is 0.438 e. The van der Waals surface area contributed by atoms with Gasteiger partial charge in [-0.3, -0.25) is 9.54 Å². The molecule has 1 N–H and O–H groups in total. The van der Waals surface area contributed by atoms with E-state index >= 15 is 0 Å². The highest BCUT2D eigenvalue weighted by molar-refractivity contribution is 7.87. The van der Waals surface area contributed by atoms with Gasteiger partial charge in [-0.2, -0.15) is 69.9 Å². The fraction of sp³-hybridized carbons (Fsp3) is 0.667. The molecule has 0 spiro atoms. The highest BCUT2D eigenvalue weighted by atomic mass is 32.2. The molecular weight excluding hydrogens is 540 g/mol. The molecule has 1 rings (SSSR count). The van der Waals surface area contributed by atoms with Crippen LogP contribution in [0.5, 0.6) is 0 Å². The van der Waals surface area contributed by atoms with Crippen LogP contribution in [0.3, 0.4) is 0 Å². The van der Waals surface area contributed by atoms with Gasteiger partial charge < -0.3 is 0 Å². The molecule has 0 aliphatic rings. The smallest absolute Gasteiger partial charge is 0.281 e. The summed E-state index contributed by atoms with van der Waals surface area (Å²) in [6.07, 6.45) is 0.0342. The van der Waals surface area contributed by atoms with E-state index in [4.69, 9.17) is 4.55 Å². The third kappa shape index (κ3) is 5.03. The van der Waals surface area contributed by atoms with Gasteiger partial charge in [-0.25, -0.2) is 0 Å². The molecule has 0 saturated heterocycles. The average molecular weight is 553 g/mol. The summed E-state index contributed by atoms with van der Waals surface area (Å²) >= 11 is 0. The number of halogens is 14. The first-order valence-electron chi connectivity index (χ1n) is 8.28. The Hall–Kier alpha value is -1.92. The fourth-order valence-electron chi connectivity index (χ4n) is 1.95. The normalized spacial score (nSPS) is 14.9. The molecule has 1 heterocycles. The maximum absolute atomic E-state index is 13.3. The van der Waals surface area contributed by atoms with Crippen LogP contribution in [-0.2, 0) is 10.1 Å². The maximum atomic E-state index is 13.3. The molecule has 1 aromatic rings. The first kappa shape index (κ1) is 32.1. The van der Waals surface area contributed by atoms with Crippen molar-refractivity contribution >= 4 is 10.1 Å². The zero-order valence-corrected chi connectivity index (χ0v) is 17.0. The Labute approximate surface area is 181 Å². The molecule has 0 saturated carbocycles. The lowest BCUT2D eigenvalue weighted by Gasteiger charge is -2.42. The van der Waals surface area contributed by atoms with Crippen LogP contribution in [-0.4, -0.2) is 58.7 Å². The first-order valence-corrected chi connectivity index (χ1v) is 9.72. The molecule has 0 atom stereocenters. The molecule has 0 unspecified atom stereocenters. The largest absolute Gasteiger partial charge is 0.438 e. The third-order valence-electron chi connectivity index (χ3n) is 3.86. The summed E-state index contributed by atoms with van der Waals surface area (Å²) < 4.78 is 211. The van der Waals surface area contributed by atoms with E-state index in [-0.39, 0.29) is 0 Å². The highest BCUT2D eigenvalue weighted by Crippen LogP contribution is 2.63. The summed E-state index contributed by atoms with van der Waals surface area (Å²) in [6, 6.07) is 5.72. The quantitative estimate of drug-likeness (QED) is 0.294. The zero-order valence-electron chi connectivity index (χ0n) is 16.2. The van der Waals surface area contributed by atoms with Crippen molar-refractivity contribution in [3.05, 3.63) is 30.6 Å². The topological polar surface area (TPSA) is 67.3 Å². The van der Waals surface area contributed by atoms with Gasteiger partial charge in [-0.1, -0.05) is 19.4 Å². The van der Waals surface area contributed by atoms with Gasteiger partial charge >= 0.3 is 50.9 Å². The van der Waals surface area contributed by atoms with Crippen LogP contribution < -0.4 is 0 Å². The standard InChI is InChI=1S/C10H8F14O3S.C5H5N/c1-2-3-4(11,12)5(13,14)6(15,16)7(17,18)8(19,20)9(21,22)10(23,24)28(25,26)27;1-2-4-6-5-3-1/h2-3H2,1H3,(H,25,26,27);1-5H. The molecule has 34 heavy (non-hydrogen) atoms. The molecule has 0 aliphatic carbocycles. The van der Waals surface area contributed by atoms with Crippen LogP contribution in [0.2, 0.25) is 0 Å². The van der Waals surface area contributed by atoms with Gasteiger partial charge in [0.05, 0.1) is 0 Å². The van der Waals surface area contributed by atoms with Crippen LogP contribution in [0.15, 0.2) is 30.6 Å². The van der Waals surface area contributed by atoms with Crippen molar-refractivity contribution in [2.24, 2.45) is 0 Å². The molecule has 0 amide bonds. The molecule has 0 aromatic carbocycles. The number of nitrogens with zero attached hydrogens (tertiary/aromatic N) is 1. The van der Waals surface area contributed by atoms with Crippen molar-refractivity contribution in [2.45, 2.75) is 60.6 Å². The fourth-order valence-corrected chi connectivity index (χ4v) is 2.40. The number of hydrogen-bond acceptors (Lipinski definition) is 3. The predicted molar refractivity (Wildman–Crippen MR) is 85.3 cm³/mol. The number of alkyl halides is 14. The summed E-state index contributed by atoms with van der Waals surface area (Å²) in [5, 5.41) is -7.61. The molecule has 0 radical (unpaired) electrons. The summed E-state index contributed by atoms with van der Waals surface area (Å²) in [6.45, 7) is 0.621. The van der Waals surface area contributed by atoms with E-state index in [0.717, 1.165) is 0 Å². The van der Waals surface area contributed by atoms with Gasteiger partial charge in [-0.05, 0) is 12.1 Å². The second-order valence-electron chi connectivity index (χ2n) is 6.34. The lowest BCUT2D eigenvalue weighted by molar-refractivity contribution is -0.435. The number of hydrogen-bond donors (Lipinski definition) is 1. The van der Waals surface area contributed by atoms with Gasteiger partial charge in [0.25, 0.3) is 0 Å². The lowest BCUT2D eigenvalue weighted by atomic mass is 9.90. The Morgan fingerprint density at radius 1 is 0.647 bits per heavy atom. The monoisotopic (exact) mass is 553 g/mol. The van der Waals surface area contributed by atoms with Gasteiger partial charge in [0.15, 0.2) is 0 Å². The molecule has 4 nitrogen and oxygen atoms in total. The van der Waals surface area contributed by atoms with Gasteiger partial charge in [0.1, 0.15) is 0 Å². The molecule has 0 fully saturated rings. The molecule has 1 aromatic heterocycles. The Bertz CT molecular complexity index is 879. The molecular formula is C15H13F14NO3S. The minimum atomic E-state index is -8.38. The zero-order chi connectivity index (χ0) is 27.7. The molecule has 0 bridgehead atoms. The summed E-state index contributed by atoms with van der Waals surface area (Å²) in [4.78, 5) is 3.78. The van der Waals surface area contributed by atoms with Gasteiger partial charge in [0, 0.05) is 18.8 Å². The summed E-state index contributed by atoms with van der Waals surface area (Å²) in [7, 11) is -7.70. The van der Waals surface area contributed by atoms with Crippen molar-refractivity contribution in [3.8, 4) is 0 Å². The number of pyridine rings is 1. The van der Waals surface area contributed by atoms with Crippen LogP contribution in [0, 0.1) is 0 Å². The summed E-state index contributed by atoms with van der Waals surface area (Å²) in [5.41, 5.74) is 0. The van der Waals surface area contributed by atoms with Crippen LogP contribution in [0.1, 0.15) is 19.8 Å². The Morgan fingerprint density at radius 3 is 1.26 bits per heavy atom. The van der Waals surface area contributed by atoms with E-state index in [1.165, 1.54) is 0 Å².